The Morgan fingerprint density at radius 2 is 1.92 bits per heavy atom. The van der Waals surface area contributed by atoms with Gasteiger partial charge in [-0.05, 0) is 42.5 Å². The van der Waals surface area contributed by atoms with Crippen LogP contribution in [-0.4, -0.2) is 11.9 Å². The minimum atomic E-state index is -0.579. The lowest BCUT2D eigenvalue weighted by Crippen LogP contribution is -2.04. The van der Waals surface area contributed by atoms with Gasteiger partial charge < -0.3 is 13.6 Å². The van der Waals surface area contributed by atoms with Crippen molar-refractivity contribution < 1.29 is 18.4 Å². The Morgan fingerprint density at radius 1 is 1.04 bits per heavy atom. The Bertz CT molecular complexity index is 1020. The smallest absolute Gasteiger partial charge is 0.364 e. The molecule has 4 rings (SSSR count). The predicted octanol–water partition coefficient (Wildman–Crippen LogP) is 5.19. The minimum Gasteiger partial charge on any atom is -0.459 e. The molecule has 1 aromatic carbocycles. The maximum Gasteiger partial charge on any atom is 0.364 e. The topological polar surface area (TPSA) is 64.9 Å². The first-order valence-electron chi connectivity index (χ1n) is 7.22. The number of benzene rings is 1. The van der Waals surface area contributed by atoms with Gasteiger partial charge in [-0.15, -0.1) is 0 Å². The Kier molecular flexibility index (Phi) is 3.95. The number of cyclic esters (lactones) is 1. The van der Waals surface area contributed by atoms with E-state index in [0.717, 1.165) is 0 Å². The van der Waals surface area contributed by atoms with Crippen LogP contribution < -0.4 is 0 Å². The van der Waals surface area contributed by atoms with Crippen LogP contribution in [0.25, 0.3) is 17.4 Å². The molecule has 5 nitrogen and oxygen atoms in total. The van der Waals surface area contributed by atoms with E-state index in [1.54, 1.807) is 42.5 Å². The lowest BCUT2D eigenvalue weighted by molar-refractivity contribution is -0.130. The third-order valence-electron chi connectivity index (χ3n) is 3.45. The summed E-state index contributed by atoms with van der Waals surface area (Å²) in [5, 5.41) is 1.05. The second-order valence-electron chi connectivity index (χ2n) is 5.14. The van der Waals surface area contributed by atoms with Crippen molar-refractivity contribution in [3.8, 4) is 11.3 Å². The molecular formula is C18H9Cl2NO4. The Morgan fingerprint density at radius 3 is 2.72 bits per heavy atom. The molecule has 0 unspecified atom stereocenters. The minimum absolute atomic E-state index is 0.115. The molecule has 2 aromatic heterocycles. The molecule has 0 radical (unpaired) electrons. The van der Waals surface area contributed by atoms with Crippen LogP contribution >= 0.6 is 23.2 Å². The Hall–Kier alpha value is -2.76. The predicted molar refractivity (Wildman–Crippen MR) is 93.5 cm³/mol. The number of furan rings is 2. The third kappa shape index (κ3) is 3.12. The van der Waals surface area contributed by atoms with Gasteiger partial charge in [-0.25, -0.2) is 9.79 Å². The zero-order valence-electron chi connectivity index (χ0n) is 12.5. The van der Waals surface area contributed by atoms with Gasteiger partial charge in [0.2, 0.25) is 0 Å². The van der Waals surface area contributed by atoms with E-state index in [2.05, 4.69) is 4.99 Å². The summed E-state index contributed by atoms with van der Waals surface area (Å²) < 4.78 is 16.0. The fourth-order valence-corrected chi connectivity index (χ4v) is 2.69. The number of nitrogens with zero attached hydrogens (tertiary/aromatic N) is 1. The number of hydrogen-bond donors (Lipinski definition) is 0. The first-order valence-corrected chi connectivity index (χ1v) is 7.97. The molecule has 0 fully saturated rings. The molecule has 0 atom stereocenters. The van der Waals surface area contributed by atoms with E-state index < -0.39 is 5.97 Å². The highest BCUT2D eigenvalue weighted by atomic mass is 35.5. The molecule has 3 aromatic rings. The average molecular weight is 374 g/mol. The van der Waals surface area contributed by atoms with Gasteiger partial charge in [-0.1, -0.05) is 23.2 Å². The summed E-state index contributed by atoms with van der Waals surface area (Å²) in [5.41, 5.74) is 0.775. The van der Waals surface area contributed by atoms with Crippen molar-refractivity contribution in [3.63, 3.8) is 0 Å². The second-order valence-corrected chi connectivity index (χ2v) is 5.98. The zero-order valence-corrected chi connectivity index (χ0v) is 14.0. The molecule has 3 heterocycles. The summed E-state index contributed by atoms with van der Waals surface area (Å²) in [7, 11) is 0. The van der Waals surface area contributed by atoms with E-state index in [-0.39, 0.29) is 11.6 Å². The van der Waals surface area contributed by atoms with E-state index in [1.165, 1.54) is 12.3 Å². The van der Waals surface area contributed by atoms with Crippen LogP contribution in [0.2, 0.25) is 10.0 Å². The summed E-state index contributed by atoms with van der Waals surface area (Å²) in [5.74, 6) is 0.877. The van der Waals surface area contributed by atoms with Gasteiger partial charge in [0.05, 0.1) is 11.3 Å². The SMILES string of the molecule is O=C1OC(c2ccco2)=N/C1=C\c1ccc(-c2cc(Cl)ccc2Cl)o1. The van der Waals surface area contributed by atoms with Gasteiger partial charge in [0.1, 0.15) is 11.5 Å². The Balaban J connectivity index is 1.66. The van der Waals surface area contributed by atoms with E-state index >= 15 is 0 Å². The van der Waals surface area contributed by atoms with Crippen LogP contribution in [0.5, 0.6) is 0 Å². The summed E-state index contributed by atoms with van der Waals surface area (Å²) in [6.45, 7) is 0. The first kappa shape index (κ1) is 15.7. The van der Waals surface area contributed by atoms with Gasteiger partial charge >= 0.3 is 5.97 Å². The molecule has 0 spiro atoms. The Labute approximate surface area is 152 Å². The number of ether oxygens (including phenoxy) is 1. The molecule has 0 saturated carbocycles. The van der Waals surface area contributed by atoms with E-state index in [1.807, 2.05) is 0 Å². The largest absolute Gasteiger partial charge is 0.459 e. The maximum atomic E-state index is 11.9. The molecule has 7 heteroatoms. The van der Waals surface area contributed by atoms with E-state index in [0.29, 0.717) is 32.9 Å². The van der Waals surface area contributed by atoms with Gasteiger partial charge in [0.25, 0.3) is 5.90 Å². The van der Waals surface area contributed by atoms with Crippen LogP contribution in [0.1, 0.15) is 11.5 Å². The highest BCUT2D eigenvalue weighted by Crippen LogP contribution is 2.32. The molecule has 124 valence electrons. The van der Waals surface area contributed by atoms with Crippen LogP contribution in [0.15, 0.2) is 68.3 Å². The monoisotopic (exact) mass is 373 g/mol. The normalized spacial score (nSPS) is 15.5. The maximum absolute atomic E-state index is 11.9. The average Bonchev–Trinajstić information content (AvgIpc) is 3.32. The summed E-state index contributed by atoms with van der Waals surface area (Å²) in [4.78, 5) is 16.1. The summed E-state index contributed by atoms with van der Waals surface area (Å²) in [6, 6.07) is 11.9. The molecule has 0 amide bonds. The van der Waals surface area contributed by atoms with Gasteiger partial charge in [0, 0.05) is 16.7 Å². The van der Waals surface area contributed by atoms with E-state index in [9.17, 15) is 4.79 Å². The van der Waals surface area contributed by atoms with E-state index in [4.69, 9.17) is 36.8 Å². The van der Waals surface area contributed by atoms with Crippen LogP contribution in [-0.2, 0) is 9.53 Å². The highest BCUT2D eigenvalue weighted by molar-refractivity contribution is 6.35. The fraction of sp³-hybridized carbons (Fsp3) is 0. The molecule has 0 bridgehead atoms. The van der Waals surface area contributed by atoms with Crippen molar-refractivity contribution >= 4 is 41.1 Å². The van der Waals surface area contributed by atoms with Crippen molar-refractivity contribution in [3.05, 3.63) is 76.0 Å². The number of carbonyl (C=O) groups excluding carboxylic acids is 1. The third-order valence-corrected chi connectivity index (χ3v) is 4.02. The highest BCUT2D eigenvalue weighted by Gasteiger charge is 2.26. The number of halogens is 2. The van der Waals surface area contributed by atoms with Crippen molar-refractivity contribution in [1.29, 1.82) is 0 Å². The standard InChI is InChI=1S/C18H9Cl2NO4/c19-10-3-5-13(20)12(8-10)15-6-4-11(24-15)9-14-18(22)25-17(21-14)16-2-1-7-23-16/h1-9H/b14-9-. The first-order chi connectivity index (χ1) is 12.1. The molecule has 0 N–H and O–H groups in total. The van der Waals surface area contributed by atoms with Crippen LogP contribution in [0.4, 0.5) is 0 Å². The summed E-state index contributed by atoms with van der Waals surface area (Å²) in [6.07, 6.45) is 2.96. The quantitative estimate of drug-likeness (QED) is 0.467. The number of aliphatic imine (C=N–C) groups is 1. The lowest BCUT2D eigenvalue weighted by atomic mass is 10.2. The van der Waals surface area contributed by atoms with Gasteiger partial charge in [0.15, 0.2) is 11.5 Å². The summed E-state index contributed by atoms with van der Waals surface area (Å²) >= 11 is 12.2. The van der Waals surface area contributed by atoms with Crippen LogP contribution in [0, 0.1) is 0 Å². The van der Waals surface area contributed by atoms with Gasteiger partial charge in [-0.2, -0.15) is 0 Å². The molecule has 25 heavy (non-hydrogen) atoms. The van der Waals surface area contributed by atoms with Crippen LogP contribution in [0.3, 0.4) is 0 Å². The molecule has 0 saturated heterocycles. The van der Waals surface area contributed by atoms with Crippen molar-refractivity contribution in [1.82, 2.24) is 0 Å². The molecule has 1 aliphatic heterocycles. The van der Waals surface area contributed by atoms with Crippen molar-refractivity contribution in [2.75, 3.05) is 0 Å². The second kappa shape index (κ2) is 6.27. The molecular weight excluding hydrogens is 365 g/mol. The number of carbonyl (C=O) groups is 1. The number of esters is 1. The van der Waals surface area contributed by atoms with Gasteiger partial charge in [-0.3, -0.25) is 0 Å². The van der Waals surface area contributed by atoms with Crippen molar-refractivity contribution in [2.45, 2.75) is 0 Å². The van der Waals surface area contributed by atoms with Crippen molar-refractivity contribution in [2.24, 2.45) is 4.99 Å². The lowest BCUT2D eigenvalue weighted by Gasteiger charge is -2.01. The zero-order chi connectivity index (χ0) is 17.4. The fourth-order valence-electron chi connectivity index (χ4n) is 2.31. The molecule has 1 aliphatic rings. The molecule has 0 aliphatic carbocycles. The number of rotatable bonds is 3. The number of hydrogen-bond acceptors (Lipinski definition) is 5.